The molecule has 11 heteroatoms. The zero-order valence-corrected chi connectivity index (χ0v) is 18.9. The van der Waals surface area contributed by atoms with Crippen molar-refractivity contribution in [2.45, 2.75) is 6.54 Å². The second-order valence-corrected chi connectivity index (χ2v) is 8.10. The van der Waals surface area contributed by atoms with Gasteiger partial charge in [0.05, 0.1) is 6.54 Å². The lowest BCUT2D eigenvalue weighted by Gasteiger charge is -2.12. The topological polar surface area (TPSA) is 97.9 Å². The first-order valence-corrected chi connectivity index (χ1v) is 10.5. The number of benzene rings is 2. The highest BCUT2D eigenvalue weighted by atomic mass is 19.2. The molecule has 0 aliphatic heterocycles. The first-order chi connectivity index (χ1) is 16.2. The zero-order valence-electron chi connectivity index (χ0n) is 18.9. The lowest BCUT2D eigenvalue weighted by atomic mass is 10.2. The van der Waals surface area contributed by atoms with E-state index in [1.54, 1.807) is 0 Å². The molecule has 0 fully saturated rings. The van der Waals surface area contributed by atoms with Crippen LogP contribution in [0.5, 0.6) is 0 Å². The first kappa shape index (κ1) is 23.2. The van der Waals surface area contributed by atoms with Crippen LogP contribution in [0.4, 0.5) is 14.5 Å². The molecule has 2 heterocycles. The number of nitrogens with one attached hydrogen (secondary N) is 1. The van der Waals surface area contributed by atoms with Crippen LogP contribution >= 0.6 is 0 Å². The van der Waals surface area contributed by atoms with Crippen molar-refractivity contribution >= 4 is 16.9 Å². The predicted molar refractivity (Wildman–Crippen MR) is 125 cm³/mol. The normalized spacial score (nSPS) is 11.4. The van der Waals surface area contributed by atoms with Crippen LogP contribution in [0, 0.1) is 11.6 Å². The summed E-state index contributed by atoms with van der Waals surface area (Å²) >= 11 is 0. The fourth-order valence-electron chi connectivity index (χ4n) is 3.41. The summed E-state index contributed by atoms with van der Waals surface area (Å²) in [6.07, 6.45) is 0. The van der Waals surface area contributed by atoms with E-state index in [1.165, 1.54) is 13.1 Å². The number of aromatic nitrogens is 5. The smallest absolute Gasteiger partial charge is 0.332 e. The molecule has 0 unspecified atom stereocenters. The summed E-state index contributed by atoms with van der Waals surface area (Å²) in [4.78, 5) is 31.9. The summed E-state index contributed by atoms with van der Waals surface area (Å²) in [6.45, 7) is 1.53. The lowest BCUT2D eigenvalue weighted by molar-refractivity contribution is 0.425. The van der Waals surface area contributed by atoms with Crippen molar-refractivity contribution in [2.24, 2.45) is 7.05 Å². The Morgan fingerprint density at radius 2 is 1.74 bits per heavy atom. The molecule has 0 saturated heterocycles. The molecule has 0 amide bonds. The monoisotopic (exact) mass is 467 g/mol. The molecule has 0 atom stereocenters. The van der Waals surface area contributed by atoms with Gasteiger partial charge in [-0.15, -0.1) is 10.2 Å². The minimum atomic E-state index is -1.04. The highest BCUT2D eigenvalue weighted by Gasteiger charge is 2.17. The molecule has 2 aromatic heterocycles. The van der Waals surface area contributed by atoms with Crippen LogP contribution in [-0.2, 0) is 13.6 Å². The van der Waals surface area contributed by atoms with Crippen molar-refractivity contribution in [1.29, 1.82) is 0 Å². The summed E-state index contributed by atoms with van der Waals surface area (Å²) in [5.41, 5.74) is 0.512. The average Bonchev–Trinajstić information content (AvgIpc) is 2.82. The SMILES string of the molecule is CN(C)CCNc1ccc(-c2nnc3c(n2)c(=O)n(C)c(=O)n3Cc2ccc(F)c(F)c2)cc1. The van der Waals surface area contributed by atoms with Crippen molar-refractivity contribution in [3.63, 3.8) is 0 Å². The van der Waals surface area contributed by atoms with Gasteiger partial charge in [0, 0.05) is 31.4 Å². The van der Waals surface area contributed by atoms with Gasteiger partial charge in [-0.05, 0) is 56.1 Å². The van der Waals surface area contributed by atoms with E-state index in [2.05, 4.69) is 25.4 Å². The number of halogens is 2. The van der Waals surface area contributed by atoms with Gasteiger partial charge in [-0.25, -0.2) is 18.6 Å². The van der Waals surface area contributed by atoms with Crippen LogP contribution in [0.2, 0.25) is 0 Å². The lowest BCUT2D eigenvalue weighted by Crippen LogP contribution is -2.39. The summed E-state index contributed by atoms with van der Waals surface area (Å²) < 4.78 is 29.0. The molecule has 0 saturated carbocycles. The maximum absolute atomic E-state index is 13.6. The van der Waals surface area contributed by atoms with E-state index in [9.17, 15) is 18.4 Å². The van der Waals surface area contributed by atoms with Gasteiger partial charge >= 0.3 is 5.69 Å². The number of likely N-dealkylation sites (N-methyl/N-ethyl adjacent to an activating group) is 1. The van der Waals surface area contributed by atoms with Crippen molar-refractivity contribution in [3.8, 4) is 11.4 Å². The second-order valence-electron chi connectivity index (χ2n) is 8.10. The first-order valence-electron chi connectivity index (χ1n) is 10.5. The van der Waals surface area contributed by atoms with Gasteiger partial charge in [0.15, 0.2) is 28.6 Å². The van der Waals surface area contributed by atoms with E-state index in [4.69, 9.17) is 0 Å². The van der Waals surface area contributed by atoms with Gasteiger partial charge in [-0.1, -0.05) is 6.07 Å². The second kappa shape index (κ2) is 9.48. The van der Waals surface area contributed by atoms with Crippen LogP contribution in [0.1, 0.15) is 5.56 Å². The maximum Gasteiger partial charge on any atom is 0.332 e. The van der Waals surface area contributed by atoms with Crippen LogP contribution in [0.3, 0.4) is 0 Å². The molecule has 176 valence electrons. The summed E-state index contributed by atoms with van der Waals surface area (Å²) in [7, 11) is 5.31. The van der Waals surface area contributed by atoms with Gasteiger partial charge in [-0.3, -0.25) is 13.9 Å². The van der Waals surface area contributed by atoms with Crippen molar-refractivity contribution in [2.75, 3.05) is 32.5 Å². The Balaban J connectivity index is 1.70. The number of hydrogen-bond donors (Lipinski definition) is 1. The van der Waals surface area contributed by atoms with E-state index in [1.807, 2.05) is 38.4 Å². The quantitative estimate of drug-likeness (QED) is 0.443. The average molecular weight is 467 g/mol. The minimum Gasteiger partial charge on any atom is -0.384 e. The van der Waals surface area contributed by atoms with Crippen LogP contribution < -0.4 is 16.6 Å². The largest absolute Gasteiger partial charge is 0.384 e. The molecule has 1 N–H and O–H groups in total. The molecule has 0 bridgehead atoms. The molecule has 0 aliphatic rings. The van der Waals surface area contributed by atoms with Gasteiger partial charge in [0.2, 0.25) is 0 Å². The highest BCUT2D eigenvalue weighted by molar-refractivity contribution is 5.71. The molecular formula is C23H23F2N7O2. The van der Waals surface area contributed by atoms with Crippen LogP contribution in [0.25, 0.3) is 22.6 Å². The van der Waals surface area contributed by atoms with Crippen molar-refractivity contribution in [1.82, 2.24) is 29.2 Å². The van der Waals surface area contributed by atoms with Crippen molar-refractivity contribution in [3.05, 3.63) is 80.5 Å². The standard InChI is InChI=1S/C23H23F2N7O2/c1-30(2)11-10-26-16-7-5-15(6-8-16)20-27-19-21(29-28-20)32(23(34)31(3)22(19)33)13-14-4-9-17(24)18(25)12-14/h4-9,12,26H,10-11,13H2,1-3H3. The zero-order chi connectivity index (χ0) is 24.4. The molecule has 0 spiro atoms. The summed E-state index contributed by atoms with van der Waals surface area (Å²) in [5.74, 6) is -1.81. The molecule has 9 nitrogen and oxygen atoms in total. The molecule has 0 radical (unpaired) electrons. The third-order valence-corrected chi connectivity index (χ3v) is 5.31. The van der Waals surface area contributed by atoms with Gasteiger partial charge < -0.3 is 10.2 Å². The Labute approximate surface area is 193 Å². The third kappa shape index (κ3) is 4.69. The molecular weight excluding hydrogens is 444 g/mol. The van der Waals surface area contributed by atoms with Crippen LogP contribution in [-0.4, -0.2) is 56.4 Å². The molecule has 0 aliphatic carbocycles. The number of anilines is 1. The van der Waals surface area contributed by atoms with Gasteiger partial charge in [0.25, 0.3) is 5.56 Å². The number of rotatable bonds is 7. The Hall–Kier alpha value is -3.99. The van der Waals surface area contributed by atoms with E-state index in [0.717, 1.165) is 40.0 Å². The van der Waals surface area contributed by atoms with Gasteiger partial charge in [0.1, 0.15) is 0 Å². The van der Waals surface area contributed by atoms with Gasteiger partial charge in [-0.2, -0.15) is 0 Å². The Bertz CT molecular complexity index is 1460. The molecule has 4 rings (SSSR count). The molecule has 34 heavy (non-hydrogen) atoms. The number of hydrogen-bond acceptors (Lipinski definition) is 7. The van der Waals surface area contributed by atoms with E-state index in [-0.39, 0.29) is 23.5 Å². The number of nitrogens with zero attached hydrogens (tertiary/aromatic N) is 6. The Morgan fingerprint density at radius 3 is 2.41 bits per heavy atom. The Morgan fingerprint density at radius 1 is 1.00 bits per heavy atom. The summed E-state index contributed by atoms with van der Waals surface area (Å²) in [6, 6.07) is 10.7. The minimum absolute atomic E-state index is 0.0384. The molecule has 4 aromatic rings. The predicted octanol–water partition coefficient (Wildman–Crippen LogP) is 1.85. The Kier molecular flexibility index (Phi) is 6.46. The maximum atomic E-state index is 13.6. The fourth-order valence-corrected chi connectivity index (χ4v) is 3.41. The third-order valence-electron chi connectivity index (χ3n) is 5.31. The fraction of sp³-hybridized carbons (Fsp3) is 0.261. The van der Waals surface area contributed by atoms with E-state index < -0.39 is 22.9 Å². The van der Waals surface area contributed by atoms with Crippen LogP contribution in [0.15, 0.2) is 52.1 Å². The van der Waals surface area contributed by atoms with Crippen molar-refractivity contribution < 1.29 is 8.78 Å². The highest BCUT2D eigenvalue weighted by Crippen LogP contribution is 2.19. The number of fused-ring (bicyclic) bond motifs is 1. The van der Waals surface area contributed by atoms with E-state index in [0.29, 0.717) is 11.1 Å². The molecule has 2 aromatic carbocycles. The summed E-state index contributed by atoms with van der Waals surface area (Å²) in [5, 5.41) is 11.5. The van der Waals surface area contributed by atoms with E-state index >= 15 is 0 Å².